The lowest BCUT2D eigenvalue weighted by Crippen LogP contribution is -2.35. The summed E-state index contributed by atoms with van der Waals surface area (Å²) in [7, 11) is 0. The second kappa shape index (κ2) is 10.4. The Labute approximate surface area is 194 Å². The van der Waals surface area contributed by atoms with Crippen LogP contribution in [0.3, 0.4) is 0 Å². The van der Waals surface area contributed by atoms with Crippen LogP contribution in [0.1, 0.15) is 38.1 Å². The molecule has 0 saturated heterocycles. The first-order valence-electron chi connectivity index (χ1n) is 10.9. The molecule has 3 heterocycles. The SMILES string of the molecule is CCCc1cc(=O)oc2cc(OCC(=O)N(CCC)Cc3nnc(-c4cccs4)o3)ccc12. The molecule has 4 rings (SSSR count). The van der Waals surface area contributed by atoms with Crippen molar-refractivity contribution in [3.8, 4) is 16.5 Å². The van der Waals surface area contributed by atoms with Gasteiger partial charge in [-0.2, -0.15) is 0 Å². The summed E-state index contributed by atoms with van der Waals surface area (Å²) < 4.78 is 16.8. The van der Waals surface area contributed by atoms with E-state index in [1.807, 2.05) is 30.5 Å². The number of rotatable bonds is 10. The molecular formula is C24H25N3O5S. The van der Waals surface area contributed by atoms with Crippen molar-refractivity contribution in [1.29, 1.82) is 0 Å². The third-order valence-electron chi connectivity index (χ3n) is 5.05. The zero-order valence-corrected chi connectivity index (χ0v) is 19.4. The van der Waals surface area contributed by atoms with Gasteiger partial charge in [0.1, 0.15) is 11.3 Å². The van der Waals surface area contributed by atoms with Gasteiger partial charge in [-0.15, -0.1) is 21.5 Å². The van der Waals surface area contributed by atoms with Crippen LogP contribution in [-0.4, -0.2) is 34.2 Å². The van der Waals surface area contributed by atoms with Crippen molar-refractivity contribution in [3.05, 3.63) is 63.7 Å². The average molecular weight is 468 g/mol. The topological polar surface area (TPSA) is 98.7 Å². The van der Waals surface area contributed by atoms with Crippen molar-refractivity contribution < 1.29 is 18.4 Å². The molecule has 0 radical (unpaired) electrons. The molecule has 0 aliphatic heterocycles. The lowest BCUT2D eigenvalue weighted by Gasteiger charge is -2.20. The molecule has 0 atom stereocenters. The maximum absolute atomic E-state index is 12.8. The monoisotopic (exact) mass is 467 g/mol. The molecular weight excluding hydrogens is 442 g/mol. The van der Waals surface area contributed by atoms with Gasteiger partial charge < -0.3 is 18.5 Å². The van der Waals surface area contributed by atoms with Crippen molar-refractivity contribution in [2.75, 3.05) is 13.2 Å². The molecule has 9 heteroatoms. The van der Waals surface area contributed by atoms with E-state index in [-0.39, 0.29) is 19.1 Å². The minimum absolute atomic E-state index is 0.156. The number of aryl methyl sites for hydroxylation is 1. The number of carbonyl (C=O) groups excluding carboxylic acids is 1. The summed E-state index contributed by atoms with van der Waals surface area (Å²) in [6, 6.07) is 10.6. The van der Waals surface area contributed by atoms with Gasteiger partial charge in [-0.1, -0.05) is 26.3 Å². The average Bonchev–Trinajstić information content (AvgIpc) is 3.49. The summed E-state index contributed by atoms with van der Waals surface area (Å²) in [4.78, 5) is 27.2. The van der Waals surface area contributed by atoms with E-state index in [1.165, 1.54) is 17.4 Å². The standard InChI is InChI=1S/C24H25N3O5S/c1-3-6-16-12-23(29)31-19-13-17(8-9-18(16)19)30-15-22(28)27(10-4-2)14-21-25-26-24(32-21)20-7-5-11-33-20/h5,7-9,11-13H,3-4,6,10,14-15H2,1-2H3. The molecule has 0 aliphatic rings. The van der Waals surface area contributed by atoms with Gasteiger partial charge in [0.15, 0.2) is 6.61 Å². The highest BCUT2D eigenvalue weighted by Gasteiger charge is 2.18. The van der Waals surface area contributed by atoms with Gasteiger partial charge in [0.2, 0.25) is 5.89 Å². The Hall–Kier alpha value is -3.46. The Bertz CT molecular complexity index is 1280. The predicted molar refractivity (Wildman–Crippen MR) is 125 cm³/mol. The van der Waals surface area contributed by atoms with Gasteiger partial charge in [0, 0.05) is 24.1 Å². The van der Waals surface area contributed by atoms with E-state index in [9.17, 15) is 9.59 Å². The molecule has 1 aromatic carbocycles. The maximum atomic E-state index is 12.8. The molecule has 0 spiro atoms. The second-order valence-electron chi connectivity index (χ2n) is 7.58. The van der Waals surface area contributed by atoms with Gasteiger partial charge in [-0.05, 0) is 42.0 Å². The van der Waals surface area contributed by atoms with Crippen LogP contribution in [0.15, 0.2) is 55.4 Å². The van der Waals surface area contributed by atoms with Crippen LogP contribution in [0.25, 0.3) is 21.7 Å². The van der Waals surface area contributed by atoms with Crippen molar-refractivity contribution in [2.45, 2.75) is 39.7 Å². The Morgan fingerprint density at radius 2 is 2.00 bits per heavy atom. The molecule has 8 nitrogen and oxygen atoms in total. The van der Waals surface area contributed by atoms with Crippen LogP contribution in [0.5, 0.6) is 5.75 Å². The first kappa shape index (κ1) is 22.7. The number of carbonyl (C=O) groups is 1. The molecule has 3 aromatic heterocycles. The number of amides is 1. The van der Waals surface area contributed by atoms with E-state index in [0.29, 0.717) is 29.7 Å². The normalized spacial score (nSPS) is 11.1. The van der Waals surface area contributed by atoms with Gasteiger partial charge in [-0.25, -0.2) is 4.79 Å². The van der Waals surface area contributed by atoms with Crippen LogP contribution < -0.4 is 10.4 Å². The number of thiophene rings is 1. The second-order valence-corrected chi connectivity index (χ2v) is 8.53. The van der Waals surface area contributed by atoms with Crippen molar-refractivity contribution in [2.24, 2.45) is 0 Å². The zero-order chi connectivity index (χ0) is 23.2. The first-order chi connectivity index (χ1) is 16.1. The molecule has 0 fully saturated rings. The maximum Gasteiger partial charge on any atom is 0.336 e. The van der Waals surface area contributed by atoms with E-state index in [4.69, 9.17) is 13.6 Å². The molecule has 1 amide bonds. The molecule has 172 valence electrons. The number of benzene rings is 1. The Morgan fingerprint density at radius 1 is 1.12 bits per heavy atom. The summed E-state index contributed by atoms with van der Waals surface area (Å²) in [6.07, 6.45) is 2.49. The van der Waals surface area contributed by atoms with E-state index in [1.54, 1.807) is 17.0 Å². The van der Waals surface area contributed by atoms with E-state index in [2.05, 4.69) is 17.1 Å². The highest BCUT2D eigenvalue weighted by Crippen LogP contribution is 2.25. The molecule has 0 bridgehead atoms. The van der Waals surface area contributed by atoms with Crippen LogP contribution in [0, 0.1) is 0 Å². The highest BCUT2D eigenvalue weighted by atomic mass is 32.1. The van der Waals surface area contributed by atoms with Gasteiger partial charge >= 0.3 is 5.63 Å². The van der Waals surface area contributed by atoms with Crippen molar-refractivity contribution >= 4 is 28.2 Å². The fraction of sp³-hybridized carbons (Fsp3) is 0.333. The fourth-order valence-electron chi connectivity index (χ4n) is 3.55. The van der Waals surface area contributed by atoms with Crippen LogP contribution in [0.2, 0.25) is 0 Å². The number of hydrogen-bond acceptors (Lipinski definition) is 8. The summed E-state index contributed by atoms with van der Waals surface area (Å²) in [5, 5.41) is 11.0. The minimum atomic E-state index is -0.394. The van der Waals surface area contributed by atoms with E-state index >= 15 is 0 Å². The molecule has 33 heavy (non-hydrogen) atoms. The molecule has 0 N–H and O–H groups in total. The van der Waals surface area contributed by atoms with Crippen molar-refractivity contribution in [1.82, 2.24) is 15.1 Å². The van der Waals surface area contributed by atoms with Crippen LogP contribution in [0.4, 0.5) is 0 Å². The minimum Gasteiger partial charge on any atom is -0.484 e. The van der Waals surface area contributed by atoms with Gasteiger partial charge in [0.25, 0.3) is 11.8 Å². The van der Waals surface area contributed by atoms with Crippen LogP contribution in [-0.2, 0) is 17.8 Å². The Balaban J connectivity index is 1.43. The van der Waals surface area contributed by atoms with Crippen molar-refractivity contribution in [3.63, 3.8) is 0 Å². The number of fused-ring (bicyclic) bond motifs is 1. The zero-order valence-electron chi connectivity index (χ0n) is 18.6. The summed E-state index contributed by atoms with van der Waals surface area (Å²) in [5.41, 5.74) is 1.00. The third kappa shape index (κ3) is 5.48. The summed E-state index contributed by atoms with van der Waals surface area (Å²) in [5.74, 6) is 1.08. The molecule has 0 aliphatic carbocycles. The lowest BCUT2D eigenvalue weighted by molar-refractivity contribution is -0.134. The Kier molecular flexibility index (Phi) is 7.19. The van der Waals surface area contributed by atoms with Crippen LogP contribution >= 0.6 is 11.3 Å². The fourth-order valence-corrected chi connectivity index (χ4v) is 4.20. The smallest absolute Gasteiger partial charge is 0.336 e. The lowest BCUT2D eigenvalue weighted by atomic mass is 10.1. The number of ether oxygens (including phenoxy) is 1. The quantitative estimate of drug-likeness (QED) is 0.312. The number of nitrogens with zero attached hydrogens (tertiary/aromatic N) is 3. The molecule has 0 saturated carbocycles. The summed E-state index contributed by atoms with van der Waals surface area (Å²) in [6.45, 7) is 4.64. The Morgan fingerprint density at radius 3 is 2.76 bits per heavy atom. The number of aromatic nitrogens is 2. The van der Waals surface area contributed by atoms with Gasteiger partial charge in [0.05, 0.1) is 11.4 Å². The number of hydrogen-bond donors (Lipinski definition) is 0. The summed E-state index contributed by atoms with van der Waals surface area (Å²) >= 11 is 1.51. The largest absolute Gasteiger partial charge is 0.484 e. The van der Waals surface area contributed by atoms with E-state index < -0.39 is 5.63 Å². The highest BCUT2D eigenvalue weighted by molar-refractivity contribution is 7.13. The van der Waals surface area contributed by atoms with E-state index in [0.717, 1.165) is 35.1 Å². The molecule has 0 unspecified atom stereocenters. The first-order valence-corrected chi connectivity index (χ1v) is 11.8. The van der Waals surface area contributed by atoms with Gasteiger partial charge in [-0.3, -0.25) is 4.79 Å². The predicted octanol–water partition coefficient (Wildman–Crippen LogP) is 4.67. The third-order valence-corrected chi connectivity index (χ3v) is 5.91. The molecule has 4 aromatic rings.